The van der Waals surface area contributed by atoms with Crippen molar-refractivity contribution in [2.75, 3.05) is 26.1 Å². The summed E-state index contributed by atoms with van der Waals surface area (Å²) in [6.45, 7) is 2.12. The highest BCUT2D eigenvalue weighted by atomic mass is 32.2. The summed E-state index contributed by atoms with van der Waals surface area (Å²) in [7, 11) is -1.72. The molecule has 0 fully saturated rings. The molecule has 0 rings (SSSR count). The van der Waals surface area contributed by atoms with Crippen LogP contribution in [0.2, 0.25) is 0 Å². The van der Waals surface area contributed by atoms with Gasteiger partial charge < -0.3 is 4.74 Å². The predicted molar refractivity (Wildman–Crippen MR) is 40.4 cm³/mol. The normalized spacial score (nSPS) is 11.8. The molecule has 0 aromatic rings. The fourth-order valence-corrected chi connectivity index (χ4v) is 0.696. The first-order valence-corrected chi connectivity index (χ1v) is 4.88. The van der Waals surface area contributed by atoms with Crippen LogP contribution in [0.15, 0.2) is 0 Å². The number of ether oxygens (including phenoxy) is 1. The van der Waals surface area contributed by atoms with Crippen LogP contribution in [0.5, 0.6) is 0 Å². The molecule has 0 aromatic heterocycles. The quantitative estimate of drug-likeness (QED) is 0.445. The SMILES string of the molecule is CCS(=O)(=O)NOCCOC. The highest BCUT2D eigenvalue weighted by Gasteiger charge is 2.04. The summed E-state index contributed by atoms with van der Waals surface area (Å²) in [4.78, 5) is 6.50. The summed E-state index contributed by atoms with van der Waals surface area (Å²) in [6, 6.07) is 0. The lowest BCUT2D eigenvalue weighted by Crippen LogP contribution is -2.26. The van der Waals surface area contributed by atoms with Crippen molar-refractivity contribution in [3.63, 3.8) is 0 Å². The van der Waals surface area contributed by atoms with E-state index in [0.29, 0.717) is 6.61 Å². The van der Waals surface area contributed by atoms with Gasteiger partial charge in [-0.15, -0.1) is 0 Å². The molecule has 68 valence electrons. The number of hydrogen-bond donors (Lipinski definition) is 1. The van der Waals surface area contributed by atoms with E-state index in [1.54, 1.807) is 0 Å². The van der Waals surface area contributed by atoms with E-state index >= 15 is 0 Å². The Kier molecular flexibility index (Phi) is 5.39. The first-order chi connectivity index (χ1) is 5.12. The third-order valence-corrected chi connectivity index (χ3v) is 2.09. The van der Waals surface area contributed by atoms with Crippen molar-refractivity contribution in [3.05, 3.63) is 0 Å². The monoisotopic (exact) mass is 183 g/mol. The van der Waals surface area contributed by atoms with E-state index in [2.05, 4.69) is 9.57 Å². The van der Waals surface area contributed by atoms with Gasteiger partial charge in [-0.25, -0.2) is 8.42 Å². The van der Waals surface area contributed by atoms with Gasteiger partial charge in [0.05, 0.1) is 19.0 Å². The lowest BCUT2D eigenvalue weighted by molar-refractivity contribution is 0.0439. The van der Waals surface area contributed by atoms with E-state index < -0.39 is 10.0 Å². The predicted octanol–water partition coefficient (Wildman–Crippen LogP) is -0.496. The highest BCUT2D eigenvalue weighted by molar-refractivity contribution is 7.89. The number of nitrogens with one attached hydrogen (secondary N) is 1. The zero-order chi connectivity index (χ0) is 8.74. The molecule has 5 nitrogen and oxygen atoms in total. The van der Waals surface area contributed by atoms with Gasteiger partial charge >= 0.3 is 0 Å². The standard InChI is InChI=1S/C5H13NO4S/c1-3-11(7,8)6-10-5-4-9-2/h6H,3-5H2,1-2H3. The van der Waals surface area contributed by atoms with E-state index in [4.69, 9.17) is 0 Å². The molecule has 0 aromatic carbocycles. The second-order valence-corrected chi connectivity index (χ2v) is 3.80. The lowest BCUT2D eigenvalue weighted by Gasteiger charge is -2.03. The number of sulfonamides is 1. The van der Waals surface area contributed by atoms with Crippen LogP contribution < -0.4 is 4.89 Å². The summed E-state index contributed by atoms with van der Waals surface area (Å²) in [5.41, 5.74) is 0. The van der Waals surface area contributed by atoms with E-state index in [1.807, 2.05) is 4.89 Å². The summed E-state index contributed by atoms with van der Waals surface area (Å²) in [5.74, 6) is 0.0139. The van der Waals surface area contributed by atoms with Crippen LogP contribution in [0.3, 0.4) is 0 Å². The molecule has 0 radical (unpaired) electrons. The molecule has 0 aliphatic rings. The van der Waals surface area contributed by atoms with Gasteiger partial charge in [-0.2, -0.15) is 0 Å². The van der Waals surface area contributed by atoms with Gasteiger partial charge in [0.2, 0.25) is 10.0 Å². The summed E-state index contributed by atoms with van der Waals surface area (Å²) < 4.78 is 26.0. The average Bonchev–Trinajstić information content (AvgIpc) is 1.99. The molecule has 0 bridgehead atoms. The van der Waals surface area contributed by atoms with Crippen molar-refractivity contribution >= 4 is 10.0 Å². The topological polar surface area (TPSA) is 64.6 Å². The molecule has 0 unspecified atom stereocenters. The van der Waals surface area contributed by atoms with Crippen LogP contribution in [0.25, 0.3) is 0 Å². The molecule has 0 saturated heterocycles. The Labute approximate surface area is 66.7 Å². The second kappa shape index (κ2) is 5.48. The zero-order valence-corrected chi connectivity index (χ0v) is 7.48. The van der Waals surface area contributed by atoms with E-state index in [-0.39, 0.29) is 12.4 Å². The maximum absolute atomic E-state index is 10.7. The molecule has 0 spiro atoms. The maximum atomic E-state index is 10.7. The molecular weight excluding hydrogens is 170 g/mol. The third-order valence-electron chi connectivity index (χ3n) is 0.955. The third kappa shape index (κ3) is 6.24. The Balaban J connectivity index is 3.39. The number of hydrogen-bond acceptors (Lipinski definition) is 4. The maximum Gasteiger partial charge on any atom is 0.233 e. The van der Waals surface area contributed by atoms with E-state index in [0.717, 1.165) is 0 Å². The Hall–Kier alpha value is -0.170. The van der Waals surface area contributed by atoms with E-state index in [1.165, 1.54) is 14.0 Å². The van der Waals surface area contributed by atoms with Gasteiger partial charge in [-0.3, -0.25) is 4.84 Å². The number of methoxy groups -OCH3 is 1. The fourth-order valence-electron chi connectivity index (χ4n) is 0.315. The average molecular weight is 183 g/mol. The molecule has 0 aliphatic heterocycles. The van der Waals surface area contributed by atoms with E-state index in [9.17, 15) is 8.42 Å². The summed E-state index contributed by atoms with van der Waals surface area (Å²) >= 11 is 0. The van der Waals surface area contributed by atoms with Crippen molar-refractivity contribution in [2.45, 2.75) is 6.92 Å². The first kappa shape index (κ1) is 10.8. The molecule has 0 aliphatic carbocycles. The van der Waals surface area contributed by atoms with Crippen LogP contribution in [0.4, 0.5) is 0 Å². The summed E-state index contributed by atoms with van der Waals surface area (Å²) in [5, 5.41) is 0. The minimum atomic E-state index is -3.23. The van der Waals surface area contributed by atoms with Crippen molar-refractivity contribution in [1.29, 1.82) is 0 Å². The zero-order valence-electron chi connectivity index (χ0n) is 6.66. The van der Waals surface area contributed by atoms with Gasteiger partial charge in [0.15, 0.2) is 0 Å². The minimum absolute atomic E-state index is 0.0139. The Morgan fingerprint density at radius 3 is 2.45 bits per heavy atom. The van der Waals surface area contributed by atoms with Gasteiger partial charge in [-0.1, -0.05) is 4.89 Å². The van der Waals surface area contributed by atoms with Crippen LogP contribution in [-0.4, -0.2) is 34.5 Å². The Morgan fingerprint density at radius 1 is 1.36 bits per heavy atom. The number of rotatable bonds is 6. The van der Waals surface area contributed by atoms with Crippen LogP contribution >= 0.6 is 0 Å². The molecule has 0 saturated carbocycles. The highest BCUT2D eigenvalue weighted by Crippen LogP contribution is 1.81. The van der Waals surface area contributed by atoms with Crippen molar-refractivity contribution in [3.8, 4) is 0 Å². The fraction of sp³-hybridized carbons (Fsp3) is 1.00. The Bertz CT molecular complexity index is 177. The van der Waals surface area contributed by atoms with Crippen LogP contribution in [-0.2, 0) is 19.6 Å². The molecule has 0 amide bonds. The second-order valence-electron chi connectivity index (χ2n) is 1.83. The lowest BCUT2D eigenvalue weighted by atomic mass is 10.8. The van der Waals surface area contributed by atoms with Gasteiger partial charge in [-0.05, 0) is 6.92 Å². The molecule has 0 atom stereocenters. The van der Waals surface area contributed by atoms with Gasteiger partial charge in [0.1, 0.15) is 0 Å². The largest absolute Gasteiger partial charge is 0.382 e. The van der Waals surface area contributed by atoms with Gasteiger partial charge in [0.25, 0.3) is 0 Å². The van der Waals surface area contributed by atoms with Gasteiger partial charge in [0, 0.05) is 7.11 Å². The van der Waals surface area contributed by atoms with Crippen molar-refractivity contribution in [1.82, 2.24) is 4.89 Å². The molecule has 6 heteroatoms. The van der Waals surface area contributed by atoms with Crippen molar-refractivity contribution < 1.29 is 18.0 Å². The van der Waals surface area contributed by atoms with Crippen molar-refractivity contribution in [2.24, 2.45) is 0 Å². The summed E-state index contributed by atoms with van der Waals surface area (Å²) in [6.07, 6.45) is 0. The molecule has 0 heterocycles. The Morgan fingerprint density at radius 2 is 2.00 bits per heavy atom. The first-order valence-electron chi connectivity index (χ1n) is 3.22. The molecule has 11 heavy (non-hydrogen) atoms. The smallest absolute Gasteiger partial charge is 0.233 e. The van der Waals surface area contributed by atoms with Crippen LogP contribution in [0, 0.1) is 0 Å². The minimum Gasteiger partial charge on any atom is -0.382 e. The molecular formula is C5H13NO4S. The molecule has 1 N–H and O–H groups in total. The van der Waals surface area contributed by atoms with Crippen LogP contribution in [0.1, 0.15) is 6.92 Å².